The fourth-order valence-electron chi connectivity index (χ4n) is 1.47. The van der Waals surface area contributed by atoms with Crippen LogP contribution < -0.4 is 4.90 Å². The number of anilines is 1. The number of aliphatic hydroxyl groups excluding tert-OH is 1. The van der Waals surface area contributed by atoms with E-state index in [-0.39, 0.29) is 12.4 Å². The number of carbonyl (C=O) groups is 1. The van der Waals surface area contributed by atoms with E-state index in [9.17, 15) is 4.79 Å². The standard InChI is InChI=1S/C12H17N3O3/c1-4-5-15(6-7-16)10-8-9(2)13-11(14-10)12(17)18-3/h4,8,16H,1,5-7H2,2-3H3. The summed E-state index contributed by atoms with van der Waals surface area (Å²) >= 11 is 0. The van der Waals surface area contributed by atoms with Crippen molar-refractivity contribution in [2.45, 2.75) is 6.92 Å². The van der Waals surface area contributed by atoms with Gasteiger partial charge in [0.05, 0.1) is 13.7 Å². The van der Waals surface area contributed by atoms with Crippen LogP contribution in [0.3, 0.4) is 0 Å². The van der Waals surface area contributed by atoms with Crippen molar-refractivity contribution in [1.82, 2.24) is 9.97 Å². The molecule has 6 heteroatoms. The number of esters is 1. The van der Waals surface area contributed by atoms with Gasteiger partial charge in [-0.2, -0.15) is 0 Å². The summed E-state index contributed by atoms with van der Waals surface area (Å²) < 4.78 is 4.59. The van der Waals surface area contributed by atoms with Crippen molar-refractivity contribution in [1.29, 1.82) is 0 Å². The van der Waals surface area contributed by atoms with Crippen molar-refractivity contribution in [2.24, 2.45) is 0 Å². The van der Waals surface area contributed by atoms with Crippen LogP contribution in [-0.2, 0) is 4.74 Å². The molecule has 18 heavy (non-hydrogen) atoms. The van der Waals surface area contributed by atoms with Crippen molar-refractivity contribution in [2.75, 3.05) is 31.7 Å². The van der Waals surface area contributed by atoms with Crippen molar-refractivity contribution in [3.8, 4) is 0 Å². The summed E-state index contributed by atoms with van der Waals surface area (Å²) in [4.78, 5) is 21.4. The SMILES string of the molecule is C=CCN(CCO)c1cc(C)nc(C(=O)OC)n1. The van der Waals surface area contributed by atoms with E-state index >= 15 is 0 Å². The first-order valence-electron chi connectivity index (χ1n) is 5.53. The van der Waals surface area contributed by atoms with Gasteiger partial charge in [-0.05, 0) is 6.92 Å². The lowest BCUT2D eigenvalue weighted by Gasteiger charge is -2.21. The Morgan fingerprint density at radius 3 is 2.89 bits per heavy atom. The van der Waals surface area contributed by atoms with Crippen LogP contribution in [0.2, 0.25) is 0 Å². The van der Waals surface area contributed by atoms with Crippen LogP contribution in [0.1, 0.15) is 16.3 Å². The number of rotatable bonds is 6. The second-order valence-corrected chi connectivity index (χ2v) is 3.64. The average Bonchev–Trinajstić information content (AvgIpc) is 2.36. The molecule has 0 aliphatic heterocycles. The maximum Gasteiger partial charge on any atom is 0.376 e. The van der Waals surface area contributed by atoms with E-state index in [1.165, 1.54) is 7.11 Å². The molecule has 0 unspecified atom stereocenters. The number of nitrogens with zero attached hydrogens (tertiary/aromatic N) is 3. The Labute approximate surface area is 106 Å². The van der Waals surface area contributed by atoms with E-state index in [0.29, 0.717) is 24.6 Å². The normalized spacial score (nSPS) is 9.94. The second kappa shape index (κ2) is 6.70. The molecule has 0 saturated carbocycles. The van der Waals surface area contributed by atoms with Crippen LogP contribution in [0.4, 0.5) is 5.82 Å². The van der Waals surface area contributed by atoms with Crippen LogP contribution in [0.25, 0.3) is 0 Å². The summed E-state index contributed by atoms with van der Waals surface area (Å²) in [6.07, 6.45) is 1.70. The van der Waals surface area contributed by atoms with E-state index < -0.39 is 5.97 Å². The number of hydrogen-bond acceptors (Lipinski definition) is 6. The zero-order valence-electron chi connectivity index (χ0n) is 10.6. The molecule has 0 aliphatic carbocycles. The van der Waals surface area contributed by atoms with E-state index in [4.69, 9.17) is 5.11 Å². The predicted molar refractivity (Wildman–Crippen MR) is 67.6 cm³/mol. The molecule has 0 saturated heterocycles. The molecule has 0 atom stereocenters. The predicted octanol–water partition coefficient (Wildman–Crippen LogP) is 0.556. The number of ether oxygens (including phenoxy) is 1. The van der Waals surface area contributed by atoms with Gasteiger partial charge in [0.15, 0.2) is 0 Å². The third kappa shape index (κ3) is 3.53. The number of aryl methyl sites for hydroxylation is 1. The molecule has 0 amide bonds. The fraction of sp³-hybridized carbons (Fsp3) is 0.417. The van der Waals surface area contributed by atoms with Crippen molar-refractivity contribution < 1.29 is 14.6 Å². The topological polar surface area (TPSA) is 75.5 Å². The number of aliphatic hydroxyl groups is 1. The molecule has 0 aromatic carbocycles. The molecule has 1 aromatic rings. The third-order valence-corrected chi connectivity index (χ3v) is 2.25. The lowest BCUT2D eigenvalue weighted by atomic mass is 10.3. The van der Waals surface area contributed by atoms with E-state index in [1.807, 2.05) is 0 Å². The van der Waals surface area contributed by atoms with Gasteiger partial charge in [0.2, 0.25) is 5.82 Å². The minimum atomic E-state index is -0.581. The van der Waals surface area contributed by atoms with Crippen LogP contribution in [-0.4, -0.2) is 47.8 Å². The Morgan fingerprint density at radius 2 is 2.33 bits per heavy atom. The lowest BCUT2D eigenvalue weighted by molar-refractivity contribution is 0.0586. The first-order chi connectivity index (χ1) is 8.62. The van der Waals surface area contributed by atoms with Crippen LogP contribution in [0.15, 0.2) is 18.7 Å². The Bertz CT molecular complexity index is 435. The molecule has 0 fully saturated rings. The average molecular weight is 251 g/mol. The summed E-state index contributed by atoms with van der Waals surface area (Å²) in [7, 11) is 1.28. The van der Waals surface area contributed by atoms with Crippen molar-refractivity contribution in [3.05, 3.63) is 30.2 Å². The molecule has 0 spiro atoms. The number of aromatic nitrogens is 2. The van der Waals surface area contributed by atoms with Gasteiger partial charge in [-0.25, -0.2) is 14.8 Å². The molecule has 0 radical (unpaired) electrons. The molecule has 0 bridgehead atoms. The van der Waals surface area contributed by atoms with E-state index in [1.54, 1.807) is 24.0 Å². The molecule has 1 N–H and O–H groups in total. The Morgan fingerprint density at radius 1 is 1.61 bits per heavy atom. The molecule has 0 aliphatic rings. The Hall–Kier alpha value is -1.95. The molecule has 1 heterocycles. The summed E-state index contributed by atoms with van der Waals surface area (Å²) in [6, 6.07) is 1.74. The summed E-state index contributed by atoms with van der Waals surface area (Å²) in [5.41, 5.74) is 0.660. The van der Waals surface area contributed by atoms with Crippen LogP contribution in [0, 0.1) is 6.92 Å². The van der Waals surface area contributed by atoms with Crippen molar-refractivity contribution in [3.63, 3.8) is 0 Å². The molecule has 1 aromatic heterocycles. The smallest absolute Gasteiger partial charge is 0.376 e. The Kier molecular flexibility index (Phi) is 5.26. The van der Waals surface area contributed by atoms with E-state index in [2.05, 4.69) is 21.3 Å². The summed E-state index contributed by atoms with van der Waals surface area (Å²) in [6.45, 7) is 6.33. The molecule has 6 nitrogen and oxygen atoms in total. The van der Waals surface area contributed by atoms with Gasteiger partial charge in [-0.15, -0.1) is 6.58 Å². The zero-order chi connectivity index (χ0) is 13.5. The maximum absolute atomic E-state index is 11.4. The van der Waals surface area contributed by atoms with Crippen LogP contribution >= 0.6 is 0 Å². The van der Waals surface area contributed by atoms with Gasteiger partial charge < -0.3 is 14.7 Å². The van der Waals surface area contributed by atoms with E-state index in [0.717, 1.165) is 0 Å². The lowest BCUT2D eigenvalue weighted by Crippen LogP contribution is -2.28. The summed E-state index contributed by atoms with van der Waals surface area (Å²) in [5, 5.41) is 9.01. The fourth-order valence-corrected chi connectivity index (χ4v) is 1.47. The number of hydrogen-bond donors (Lipinski definition) is 1. The Balaban J connectivity index is 3.09. The molecular formula is C12H17N3O3. The third-order valence-electron chi connectivity index (χ3n) is 2.25. The highest BCUT2D eigenvalue weighted by molar-refractivity contribution is 5.85. The minimum Gasteiger partial charge on any atom is -0.463 e. The highest BCUT2D eigenvalue weighted by atomic mass is 16.5. The quantitative estimate of drug-likeness (QED) is 0.588. The second-order valence-electron chi connectivity index (χ2n) is 3.64. The molecular weight excluding hydrogens is 234 g/mol. The highest BCUT2D eigenvalue weighted by Crippen LogP contribution is 2.12. The minimum absolute atomic E-state index is 0.00948. The van der Waals surface area contributed by atoms with Gasteiger partial charge in [-0.1, -0.05) is 6.08 Å². The van der Waals surface area contributed by atoms with Crippen molar-refractivity contribution >= 4 is 11.8 Å². The van der Waals surface area contributed by atoms with Gasteiger partial charge in [0.1, 0.15) is 5.82 Å². The van der Waals surface area contributed by atoms with Gasteiger partial charge in [-0.3, -0.25) is 0 Å². The molecule has 98 valence electrons. The number of methoxy groups -OCH3 is 1. The first-order valence-corrected chi connectivity index (χ1v) is 5.53. The first kappa shape index (κ1) is 14.1. The largest absolute Gasteiger partial charge is 0.463 e. The van der Waals surface area contributed by atoms with Gasteiger partial charge in [0, 0.05) is 24.8 Å². The van der Waals surface area contributed by atoms with Gasteiger partial charge in [0.25, 0.3) is 0 Å². The molecule has 1 rings (SSSR count). The van der Waals surface area contributed by atoms with Gasteiger partial charge >= 0.3 is 5.97 Å². The maximum atomic E-state index is 11.4. The zero-order valence-corrected chi connectivity index (χ0v) is 10.6. The van der Waals surface area contributed by atoms with Crippen LogP contribution in [0.5, 0.6) is 0 Å². The highest BCUT2D eigenvalue weighted by Gasteiger charge is 2.14. The monoisotopic (exact) mass is 251 g/mol. The summed E-state index contributed by atoms with van der Waals surface area (Å²) in [5.74, 6) is -0.00106. The number of carbonyl (C=O) groups excluding carboxylic acids is 1.